The van der Waals surface area contributed by atoms with Crippen LogP contribution in [0, 0.1) is 0 Å². The van der Waals surface area contributed by atoms with Gasteiger partial charge in [0.1, 0.15) is 0 Å². The standard InChI is InChI=1S/C20H29F3N4OS.HI/c1-2-24-19(26-14-17-4-3-11-29-17)25-13-15-5-6-16(12-18(15)20(21,22)23)27-7-9-28-10-8-27;/h5-6,12,17H,2-4,7-11,13-14H2,1H3,(H2,24,25,26);1H. The molecule has 0 radical (unpaired) electrons. The van der Waals surface area contributed by atoms with Gasteiger partial charge in [0.05, 0.1) is 25.3 Å². The molecular weight excluding hydrogens is 528 g/mol. The van der Waals surface area contributed by atoms with Crippen molar-refractivity contribution < 1.29 is 17.9 Å². The Morgan fingerprint density at radius 1 is 1.27 bits per heavy atom. The van der Waals surface area contributed by atoms with E-state index < -0.39 is 11.7 Å². The SMILES string of the molecule is CCNC(=NCc1ccc(N2CCOCC2)cc1C(F)(F)F)NCC1CCCS1.I. The van der Waals surface area contributed by atoms with E-state index in [0.717, 1.165) is 13.0 Å². The van der Waals surface area contributed by atoms with Crippen molar-refractivity contribution in [3.8, 4) is 0 Å². The van der Waals surface area contributed by atoms with E-state index in [4.69, 9.17) is 4.74 Å². The van der Waals surface area contributed by atoms with Crippen LogP contribution in [0.1, 0.15) is 30.9 Å². The Balaban J connectivity index is 0.00000320. The van der Waals surface area contributed by atoms with Gasteiger partial charge in [-0.25, -0.2) is 4.99 Å². The number of halogens is 4. The molecule has 1 aromatic carbocycles. The molecule has 0 amide bonds. The maximum atomic E-state index is 13.7. The Labute approximate surface area is 197 Å². The van der Waals surface area contributed by atoms with Crippen molar-refractivity contribution >= 4 is 47.4 Å². The van der Waals surface area contributed by atoms with Gasteiger partial charge in [0.15, 0.2) is 5.96 Å². The van der Waals surface area contributed by atoms with Gasteiger partial charge in [-0.3, -0.25) is 0 Å². The van der Waals surface area contributed by atoms with Gasteiger partial charge in [0.25, 0.3) is 0 Å². The fourth-order valence-electron chi connectivity index (χ4n) is 3.51. The molecule has 170 valence electrons. The molecule has 0 saturated carbocycles. The Morgan fingerprint density at radius 2 is 2.03 bits per heavy atom. The van der Waals surface area contributed by atoms with Gasteiger partial charge in [0.2, 0.25) is 0 Å². The average molecular weight is 558 g/mol. The summed E-state index contributed by atoms with van der Waals surface area (Å²) in [6.07, 6.45) is -2.03. The molecule has 2 saturated heterocycles. The van der Waals surface area contributed by atoms with Crippen LogP contribution in [0.5, 0.6) is 0 Å². The van der Waals surface area contributed by atoms with Crippen LogP contribution in [-0.2, 0) is 17.5 Å². The predicted octanol–water partition coefficient (Wildman–Crippen LogP) is 4.11. The van der Waals surface area contributed by atoms with E-state index in [-0.39, 0.29) is 36.1 Å². The molecule has 0 aliphatic carbocycles. The fourth-order valence-corrected chi connectivity index (χ4v) is 4.71. The molecule has 2 fully saturated rings. The highest BCUT2D eigenvalue weighted by Crippen LogP contribution is 2.35. The Bertz CT molecular complexity index is 693. The van der Waals surface area contributed by atoms with E-state index in [9.17, 15) is 13.2 Å². The summed E-state index contributed by atoms with van der Waals surface area (Å²) in [7, 11) is 0. The number of morpholine rings is 1. The second-order valence-electron chi connectivity index (χ2n) is 7.15. The van der Waals surface area contributed by atoms with E-state index in [1.807, 2.05) is 23.6 Å². The second-order valence-corrected chi connectivity index (χ2v) is 8.56. The van der Waals surface area contributed by atoms with Crippen LogP contribution in [0.2, 0.25) is 0 Å². The summed E-state index contributed by atoms with van der Waals surface area (Å²) >= 11 is 1.93. The maximum Gasteiger partial charge on any atom is 0.416 e. The van der Waals surface area contributed by atoms with Gasteiger partial charge in [-0.15, -0.1) is 24.0 Å². The van der Waals surface area contributed by atoms with E-state index >= 15 is 0 Å². The van der Waals surface area contributed by atoms with Gasteiger partial charge < -0.3 is 20.3 Å². The summed E-state index contributed by atoms with van der Waals surface area (Å²) in [6.45, 7) is 5.62. The Morgan fingerprint density at radius 3 is 2.67 bits per heavy atom. The lowest BCUT2D eigenvalue weighted by atomic mass is 10.1. The molecule has 1 unspecified atom stereocenters. The van der Waals surface area contributed by atoms with Gasteiger partial charge in [0, 0.05) is 37.1 Å². The normalized spacial score (nSPS) is 20.1. The van der Waals surface area contributed by atoms with Crippen LogP contribution >= 0.6 is 35.7 Å². The van der Waals surface area contributed by atoms with Crippen LogP contribution < -0.4 is 15.5 Å². The molecule has 3 rings (SSSR count). The zero-order valence-corrected chi connectivity index (χ0v) is 20.3. The van der Waals surface area contributed by atoms with Crippen LogP contribution in [-0.4, -0.2) is 56.4 Å². The Kier molecular flexibility index (Phi) is 10.3. The summed E-state index contributed by atoms with van der Waals surface area (Å²) in [5, 5.41) is 6.93. The molecule has 2 heterocycles. The van der Waals surface area contributed by atoms with Crippen molar-refractivity contribution in [2.45, 2.75) is 37.7 Å². The number of anilines is 1. The molecule has 1 atom stereocenters. The van der Waals surface area contributed by atoms with Crippen LogP contribution in [0.4, 0.5) is 18.9 Å². The monoisotopic (exact) mass is 558 g/mol. The summed E-state index contributed by atoms with van der Waals surface area (Å²) in [6, 6.07) is 4.54. The molecule has 2 N–H and O–H groups in total. The first kappa shape index (κ1) is 25.4. The van der Waals surface area contributed by atoms with E-state index in [2.05, 4.69) is 15.6 Å². The lowest BCUT2D eigenvalue weighted by molar-refractivity contribution is -0.138. The zero-order chi connectivity index (χ0) is 20.7. The molecule has 1 aromatic rings. The van der Waals surface area contributed by atoms with Crippen molar-refractivity contribution in [2.75, 3.05) is 50.0 Å². The van der Waals surface area contributed by atoms with Gasteiger partial charge in [-0.1, -0.05) is 6.07 Å². The first-order valence-corrected chi connectivity index (χ1v) is 11.2. The lowest BCUT2D eigenvalue weighted by Crippen LogP contribution is -2.40. The molecule has 0 aromatic heterocycles. The third kappa shape index (κ3) is 7.37. The topological polar surface area (TPSA) is 48.9 Å². The number of thioether (sulfide) groups is 1. The second kappa shape index (κ2) is 12.2. The fraction of sp³-hybridized carbons (Fsp3) is 0.650. The van der Waals surface area contributed by atoms with Crippen LogP contribution in [0.15, 0.2) is 23.2 Å². The smallest absolute Gasteiger partial charge is 0.378 e. The van der Waals surface area contributed by atoms with Crippen LogP contribution in [0.25, 0.3) is 0 Å². The summed E-state index contributed by atoms with van der Waals surface area (Å²) < 4.78 is 46.4. The Hall–Kier alpha value is -0.880. The number of rotatable bonds is 6. The molecular formula is C20H30F3IN4OS. The van der Waals surface area contributed by atoms with E-state index in [1.165, 1.54) is 18.2 Å². The number of hydrogen-bond acceptors (Lipinski definition) is 4. The highest BCUT2D eigenvalue weighted by Gasteiger charge is 2.34. The van der Waals surface area contributed by atoms with Crippen molar-refractivity contribution in [1.29, 1.82) is 0 Å². The number of benzene rings is 1. The molecule has 2 aliphatic rings. The maximum absolute atomic E-state index is 13.7. The molecule has 30 heavy (non-hydrogen) atoms. The third-order valence-corrected chi connectivity index (χ3v) is 6.45. The number of hydrogen-bond donors (Lipinski definition) is 2. The lowest BCUT2D eigenvalue weighted by Gasteiger charge is -2.29. The highest BCUT2D eigenvalue weighted by atomic mass is 127. The average Bonchev–Trinajstić information content (AvgIpc) is 3.23. The number of ether oxygens (including phenoxy) is 1. The van der Waals surface area contributed by atoms with Crippen LogP contribution in [0.3, 0.4) is 0 Å². The highest BCUT2D eigenvalue weighted by molar-refractivity contribution is 14.0. The number of guanidine groups is 1. The minimum absolute atomic E-state index is 0. The molecule has 0 bridgehead atoms. The molecule has 0 spiro atoms. The number of aliphatic imine (C=N–C) groups is 1. The number of nitrogens with zero attached hydrogens (tertiary/aromatic N) is 2. The van der Waals surface area contributed by atoms with Gasteiger partial charge in [-0.05, 0) is 43.2 Å². The largest absolute Gasteiger partial charge is 0.416 e. The van der Waals surface area contributed by atoms with E-state index in [0.29, 0.717) is 49.7 Å². The summed E-state index contributed by atoms with van der Waals surface area (Å²) in [4.78, 5) is 6.34. The van der Waals surface area contributed by atoms with Crippen molar-refractivity contribution in [1.82, 2.24) is 10.6 Å². The van der Waals surface area contributed by atoms with Crippen molar-refractivity contribution in [3.05, 3.63) is 29.3 Å². The third-order valence-electron chi connectivity index (χ3n) is 5.05. The first-order valence-electron chi connectivity index (χ1n) is 10.1. The minimum atomic E-state index is -4.42. The quantitative estimate of drug-likeness (QED) is 0.313. The number of alkyl halides is 3. The number of nitrogens with one attached hydrogen (secondary N) is 2. The summed E-state index contributed by atoms with van der Waals surface area (Å²) in [5.74, 6) is 1.73. The van der Waals surface area contributed by atoms with Gasteiger partial charge in [-0.2, -0.15) is 24.9 Å². The summed E-state index contributed by atoms with van der Waals surface area (Å²) in [5.41, 5.74) is 0.144. The molecule has 2 aliphatic heterocycles. The van der Waals surface area contributed by atoms with Crippen molar-refractivity contribution in [2.24, 2.45) is 4.99 Å². The van der Waals surface area contributed by atoms with Gasteiger partial charge >= 0.3 is 6.18 Å². The minimum Gasteiger partial charge on any atom is -0.378 e. The van der Waals surface area contributed by atoms with Crippen molar-refractivity contribution in [3.63, 3.8) is 0 Å². The molecule has 10 heteroatoms. The predicted molar refractivity (Wildman–Crippen MR) is 128 cm³/mol. The first-order chi connectivity index (χ1) is 14.0. The van der Waals surface area contributed by atoms with E-state index in [1.54, 1.807) is 12.1 Å². The zero-order valence-electron chi connectivity index (χ0n) is 17.1. The molecule has 5 nitrogen and oxygen atoms in total.